The Hall–Kier alpha value is -1.34. The molecular formula is C13H25N5OS. The summed E-state index contributed by atoms with van der Waals surface area (Å²) in [5, 5.41) is 9.58. The van der Waals surface area contributed by atoms with Crippen LogP contribution in [0.2, 0.25) is 0 Å². The summed E-state index contributed by atoms with van der Waals surface area (Å²) >= 11 is 1.64. The molecular weight excluding hydrogens is 274 g/mol. The average Bonchev–Trinajstić information content (AvgIpc) is 2.91. The zero-order chi connectivity index (χ0) is 14.8. The van der Waals surface area contributed by atoms with Crippen molar-refractivity contribution in [1.29, 1.82) is 0 Å². The van der Waals surface area contributed by atoms with E-state index in [0.717, 1.165) is 43.0 Å². The minimum atomic E-state index is 0.676. The lowest BCUT2D eigenvalue weighted by Crippen LogP contribution is -2.37. The van der Waals surface area contributed by atoms with E-state index in [2.05, 4.69) is 26.0 Å². The summed E-state index contributed by atoms with van der Waals surface area (Å²) in [5.74, 6) is 0.793. The molecule has 0 saturated heterocycles. The van der Waals surface area contributed by atoms with Crippen molar-refractivity contribution < 1.29 is 4.74 Å². The van der Waals surface area contributed by atoms with Crippen LogP contribution in [0.1, 0.15) is 19.0 Å². The third-order valence-corrected chi connectivity index (χ3v) is 3.60. The Balaban J connectivity index is 2.26. The second-order valence-electron chi connectivity index (χ2n) is 4.42. The molecule has 0 unspecified atom stereocenters. The van der Waals surface area contributed by atoms with Crippen molar-refractivity contribution in [3.63, 3.8) is 0 Å². The Bertz CT molecular complexity index is 405. The van der Waals surface area contributed by atoms with Crippen LogP contribution < -0.4 is 15.5 Å². The number of hydrogen-bond donors (Lipinski definition) is 2. The number of ether oxygens (including phenoxy) is 1. The highest BCUT2D eigenvalue weighted by Crippen LogP contribution is 2.17. The molecule has 2 N–H and O–H groups in total. The number of guanidine groups is 1. The molecule has 6 nitrogen and oxygen atoms in total. The van der Waals surface area contributed by atoms with E-state index >= 15 is 0 Å². The second kappa shape index (κ2) is 9.55. The van der Waals surface area contributed by atoms with Crippen molar-refractivity contribution in [1.82, 2.24) is 15.6 Å². The first-order chi connectivity index (χ1) is 9.67. The van der Waals surface area contributed by atoms with E-state index in [4.69, 9.17) is 4.74 Å². The molecule has 114 valence electrons. The summed E-state index contributed by atoms with van der Waals surface area (Å²) in [4.78, 5) is 10.7. The van der Waals surface area contributed by atoms with Gasteiger partial charge in [0.1, 0.15) is 0 Å². The number of nitrogens with zero attached hydrogens (tertiary/aromatic N) is 3. The van der Waals surface area contributed by atoms with Gasteiger partial charge < -0.3 is 20.3 Å². The molecule has 0 aliphatic rings. The monoisotopic (exact) mass is 299 g/mol. The molecule has 7 heteroatoms. The molecule has 0 aromatic carbocycles. The van der Waals surface area contributed by atoms with Crippen LogP contribution in [0, 0.1) is 0 Å². The Labute approximate surface area is 125 Å². The SMILES string of the molecule is CCOCCCNC(=NC)NCc1csc(N(C)C)n1. The van der Waals surface area contributed by atoms with Crippen LogP contribution in [-0.4, -0.2) is 51.8 Å². The van der Waals surface area contributed by atoms with Gasteiger partial charge >= 0.3 is 0 Å². The number of anilines is 1. The second-order valence-corrected chi connectivity index (χ2v) is 5.26. The largest absolute Gasteiger partial charge is 0.382 e. The first-order valence-corrected chi connectivity index (χ1v) is 7.69. The zero-order valence-corrected chi connectivity index (χ0v) is 13.6. The van der Waals surface area contributed by atoms with Gasteiger partial charge in [0.15, 0.2) is 11.1 Å². The molecule has 0 fully saturated rings. The lowest BCUT2D eigenvalue weighted by atomic mass is 10.4. The first kappa shape index (κ1) is 16.7. The molecule has 1 aromatic rings. The number of aromatic nitrogens is 1. The lowest BCUT2D eigenvalue weighted by molar-refractivity contribution is 0.145. The number of rotatable bonds is 8. The van der Waals surface area contributed by atoms with Crippen LogP contribution in [0.15, 0.2) is 10.4 Å². The van der Waals surface area contributed by atoms with Crippen molar-refractivity contribution >= 4 is 22.4 Å². The number of aliphatic imine (C=N–C) groups is 1. The number of nitrogens with one attached hydrogen (secondary N) is 2. The Morgan fingerprint density at radius 3 is 2.85 bits per heavy atom. The highest BCUT2D eigenvalue weighted by Gasteiger charge is 2.04. The normalized spacial score (nSPS) is 11.5. The van der Waals surface area contributed by atoms with E-state index in [1.807, 2.05) is 25.9 Å². The van der Waals surface area contributed by atoms with E-state index in [1.165, 1.54) is 0 Å². The van der Waals surface area contributed by atoms with E-state index in [9.17, 15) is 0 Å². The van der Waals surface area contributed by atoms with Crippen LogP contribution in [0.5, 0.6) is 0 Å². The highest BCUT2D eigenvalue weighted by molar-refractivity contribution is 7.13. The van der Waals surface area contributed by atoms with Crippen molar-refractivity contribution in [3.8, 4) is 0 Å². The van der Waals surface area contributed by atoms with Crippen molar-refractivity contribution in [2.75, 3.05) is 45.8 Å². The molecule has 1 aromatic heterocycles. The maximum atomic E-state index is 5.29. The lowest BCUT2D eigenvalue weighted by Gasteiger charge is -2.11. The van der Waals surface area contributed by atoms with E-state index in [-0.39, 0.29) is 0 Å². The molecule has 1 heterocycles. The van der Waals surface area contributed by atoms with E-state index in [1.54, 1.807) is 18.4 Å². The number of thiazole rings is 1. The fourth-order valence-electron chi connectivity index (χ4n) is 1.50. The van der Waals surface area contributed by atoms with Gasteiger partial charge in [0.2, 0.25) is 0 Å². The van der Waals surface area contributed by atoms with Gasteiger partial charge in [-0.3, -0.25) is 4.99 Å². The first-order valence-electron chi connectivity index (χ1n) is 6.81. The third-order valence-electron chi connectivity index (χ3n) is 2.54. The minimum Gasteiger partial charge on any atom is -0.382 e. The molecule has 0 radical (unpaired) electrons. The molecule has 0 amide bonds. The molecule has 0 aliphatic heterocycles. The third kappa shape index (κ3) is 6.21. The molecule has 1 rings (SSSR count). The number of hydrogen-bond acceptors (Lipinski definition) is 5. The smallest absolute Gasteiger partial charge is 0.191 e. The Kier molecular flexibility index (Phi) is 7.98. The van der Waals surface area contributed by atoms with Crippen LogP contribution in [0.3, 0.4) is 0 Å². The van der Waals surface area contributed by atoms with E-state index < -0.39 is 0 Å². The van der Waals surface area contributed by atoms with Gasteiger partial charge in [0.05, 0.1) is 12.2 Å². The summed E-state index contributed by atoms with van der Waals surface area (Å²) < 4.78 is 5.29. The quantitative estimate of drug-likeness (QED) is 0.430. The van der Waals surface area contributed by atoms with Crippen molar-refractivity contribution in [2.24, 2.45) is 4.99 Å². The fraction of sp³-hybridized carbons (Fsp3) is 0.692. The molecule has 0 spiro atoms. The van der Waals surface area contributed by atoms with Gasteiger partial charge in [0.25, 0.3) is 0 Å². The van der Waals surface area contributed by atoms with Gasteiger partial charge in [-0.05, 0) is 13.3 Å². The predicted molar refractivity (Wildman–Crippen MR) is 85.8 cm³/mol. The molecule has 0 bridgehead atoms. The highest BCUT2D eigenvalue weighted by atomic mass is 32.1. The summed E-state index contributed by atoms with van der Waals surface area (Å²) in [6.07, 6.45) is 0.968. The molecule has 0 aliphatic carbocycles. The standard InChI is InChI=1S/C13H25N5OS/c1-5-19-8-6-7-15-12(14-2)16-9-11-10-20-13(17-11)18(3)4/h10H,5-9H2,1-4H3,(H2,14,15,16). The summed E-state index contributed by atoms with van der Waals surface area (Å²) in [6, 6.07) is 0. The topological polar surface area (TPSA) is 61.8 Å². The van der Waals surface area contributed by atoms with E-state index in [0.29, 0.717) is 6.54 Å². The van der Waals surface area contributed by atoms with Crippen LogP contribution in [0.25, 0.3) is 0 Å². The van der Waals surface area contributed by atoms with Crippen LogP contribution >= 0.6 is 11.3 Å². The van der Waals surface area contributed by atoms with Gasteiger partial charge in [-0.2, -0.15) is 0 Å². The maximum absolute atomic E-state index is 5.29. The Morgan fingerprint density at radius 1 is 1.45 bits per heavy atom. The maximum Gasteiger partial charge on any atom is 0.191 e. The van der Waals surface area contributed by atoms with Gasteiger partial charge in [-0.15, -0.1) is 11.3 Å². The van der Waals surface area contributed by atoms with Crippen LogP contribution in [0.4, 0.5) is 5.13 Å². The van der Waals surface area contributed by atoms with Crippen molar-refractivity contribution in [2.45, 2.75) is 19.9 Å². The minimum absolute atomic E-state index is 0.676. The van der Waals surface area contributed by atoms with Crippen LogP contribution in [-0.2, 0) is 11.3 Å². The van der Waals surface area contributed by atoms with Gasteiger partial charge in [0, 0.05) is 46.3 Å². The molecule has 0 atom stereocenters. The van der Waals surface area contributed by atoms with Gasteiger partial charge in [-0.1, -0.05) is 0 Å². The summed E-state index contributed by atoms with van der Waals surface area (Å²) in [7, 11) is 5.76. The molecule has 0 saturated carbocycles. The average molecular weight is 299 g/mol. The summed E-state index contributed by atoms with van der Waals surface area (Å²) in [6.45, 7) is 5.07. The molecule has 20 heavy (non-hydrogen) atoms. The fourth-order valence-corrected chi connectivity index (χ4v) is 2.26. The Morgan fingerprint density at radius 2 is 2.25 bits per heavy atom. The zero-order valence-electron chi connectivity index (χ0n) is 12.8. The van der Waals surface area contributed by atoms with Gasteiger partial charge in [-0.25, -0.2) is 4.98 Å². The summed E-state index contributed by atoms with van der Waals surface area (Å²) in [5.41, 5.74) is 1.02. The predicted octanol–water partition coefficient (Wildman–Crippen LogP) is 1.30. The van der Waals surface area contributed by atoms with Crippen molar-refractivity contribution in [3.05, 3.63) is 11.1 Å².